The summed E-state index contributed by atoms with van der Waals surface area (Å²) < 4.78 is 2.07. The summed E-state index contributed by atoms with van der Waals surface area (Å²) in [5.41, 5.74) is 0. The maximum Gasteiger partial charge on any atom is 0.235 e. The van der Waals surface area contributed by atoms with E-state index in [2.05, 4.69) is 37.6 Å². The Kier molecular flexibility index (Phi) is 2.58. The number of benzene rings is 1. The third-order valence-electron chi connectivity index (χ3n) is 2.52. The summed E-state index contributed by atoms with van der Waals surface area (Å²) in [6.07, 6.45) is 0. The Labute approximate surface area is 115 Å². The van der Waals surface area contributed by atoms with Gasteiger partial charge in [0.25, 0.3) is 0 Å². The molecule has 0 aliphatic carbocycles. The highest BCUT2D eigenvalue weighted by Gasteiger charge is 2.13. The Morgan fingerprint density at radius 2 is 2.22 bits per heavy atom. The van der Waals surface area contributed by atoms with Gasteiger partial charge in [-0.25, -0.2) is 9.98 Å². The summed E-state index contributed by atoms with van der Waals surface area (Å²) >= 11 is 4.96. The van der Waals surface area contributed by atoms with Crippen LogP contribution in [0, 0.1) is 11.3 Å². The molecular formula is C12H5BrN4S. The van der Waals surface area contributed by atoms with Gasteiger partial charge in [0.05, 0.1) is 5.39 Å². The van der Waals surface area contributed by atoms with Crippen LogP contribution in [-0.2, 0) is 0 Å². The van der Waals surface area contributed by atoms with Crippen molar-refractivity contribution in [3.05, 3.63) is 28.5 Å². The van der Waals surface area contributed by atoms with E-state index in [1.165, 1.54) is 11.3 Å². The van der Waals surface area contributed by atoms with Gasteiger partial charge in [-0.05, 0) is 24.9 Å². The molecule has 6 heteroatoms. The highest BCUT2D eigenvalue weighted by molar-refractivity contribution is 9.10. The molecule has 0 unspecified atom stereocenters. The van der Waals surface area contributed by atoms with E-state index in [0.717, 1.165) is 24.8 Å². The molecule has 18 heavy (non-hydrogen) atoms. The highest BCUT2D eigenvalue weighted by Crippen LogP contribution is 2.38. The monoisotopic (exact) mass is 316 g/mol. The fourth-order valence-corrected chi connectivity index (χ4v) is 3.21. The number of rotatable bonds is 1. The number of thiophene rings is 1. The second-order valence-corrected chi connectivity index (χ2v) is 5.51. The van der Waals surface area contributed by atoms with Crippen LogP contribution in [0.2, 0.25) is 0 Å². The Bertz CT molecular complexity index is 831. The summed E-state index contributed by atoms with van der Waals surface area (Å²) in [6.45, 7) is 3.51. The van der Waals surface area contributed by atoms with Crippen molar-refractivity contribution in [2.75, 3.05) is 0 Å². The quantitative estimate of drug-likeness (QED) is 0.641. The Balaban J connectivity index is 2.55. The molecule has 0 aliphatic heterocycles. The van der Waals surface area contributed by atoms with Crippen LogP contribution in [-0.4, -0.2) is 16.7 Å². The molecule has 0 radical (unpaired) electrons. The predicted octanol–water partition coefficient (Wildman–Crippen LogP) is 3.81. The van der Waals surface area contributed by atoms with Crippen molar-refractivity contribution in [3.8, 4) is 6.07 Å². The number of aliphatic imine (C=N–C) groups is 1. The molecular weight excluding hydrogens is 312 g/mol. The molecule has 0 atom stereocenters. The predicted molar refractivity (Wildman–Crippen MR) is 76.5 cm³/mol. The van der Waals surface area contributed by atoms with Crippen LogP contribution in [0.4, 0.5) is 5.82 Å². The zero-order valence-corrected chi connectivity index (χ0v) is 11.4. The number of fused-ring (bicyclic) bond motifs is 3. The van der Waals surface area contributed by atoms with Gasteiger partial charge >= 0.3 is 0 Å². The summed E-state index contributed by atoms with van der Waals surface area (Å²) in [6, 6.07) is 7.91. The van der Waals surface area contributed by atoms with E-state index in [4.69, 9.17) is 5.26 Å². The molecule has 1 aromatic carbocycles. The van der Waals surface area contributed by atoms with Crippen molar-refractivity contribution in [3.63, 3.8) is 0 Å². The molecule has 3 aromatic rings. The van der Waals surface area contributed by atoms with Gasteiger partial charge in [-0.15, -0.1) is 11.3 Å². The minimum atomic E-state index is 0.121. The van der Waals surface area contributed by atoms with E-state index in [1.807, 2.05) is 24.3 Å². The lowest BCUT2D eigenvalue weighted by Gasteiger charge is -1.97. The van der Waals surface area contributed by atoms with Gasteiger partial charge in [0.2, 0.25) is 5.82 Å². The average Bonchev–Trinajstić information content (AvgIpc) is 2.75. The maximum atomic E-state index is 8.90. The van der Waals surface area contributed by atoms with Crippen LogP contribution in [0.15, 0.2) is 27.7 Å². The SMILES string of the molecule is C=Nc1nc(C#N)nc2sc3ccc(Br)cc3c12. The highest BCUT2D eigenvalue weighted by atomic mass is 79.9. The number of nitrogens with zero attached hydrogens (tertiary/aromatic N) is 4. The van der Waals surface area contributed by atoms with Gasteiger partial charge in [0, 0.05) is 14.6 Å². The van der Waals surface area contributed by atoms with Crippen molar-refractivity contribution in [2.24, 2.45) is 4.99 Å². The fraction of sp³-hybridized carbons (Fsp3) is 0. The fourth-order valence-electron chi connectivity index (χ4n) is 1.79. The molecule has 2 aromatic heterocycles. The van der Waals surface area contributed by atoms with E-state index in [9.17, 15) is 0 Å². The second kappa shape index (κ2) is 4.12. The summed E-state index contributed by atoms with van der Waals surface area (Å²) in [7, 11) is 0. The second-order valence-electron chi connectivity index (χ2n) is 3.56. The number of halogens is 1. The Morgan fingerprint density at radius 3 is 2.94 bits per heavy atom. The summed E-state index contributed by atoms with van der Waals surface area (Å²) in [5, 5.41) is 10.8. The van der Waals surface area contributed by atoms with Gasteiger partial charge in [0.1, 0.15) is 10.9 Å². The van der Waals surface area contributed by atoms with E-state index < -0.39 is 0 Å². The van der Waals surface area contributed by atoms with Crippen molar-refractivity contribution < 1.29 is 0 Å². The van der Waals surface area contributed by atoms with Gasteiger partial charge in [-0.2, -0.15) is 10.2 Å². The number of hydrogen-bond acceptors (Lipinski definition) is 5. The summed E-state index contributed by atoms with van der Waals surface area (Å²) in [4.78, 5) is 13.0. The average molecular weight is 317 g/mol. The molecule has 86 valence electrons. The lowest BCUT2D eigenvalue weighted by Crippen LogP contribution is -1.88. The van der Waals surface area contributed by atoms with E-state index >= 15 is 0 Å². The zero-order valence-electron chi connectivity index (χ0n) is 9.01. The molecule has 3 rings (SSSR count). The first-order valence-electron chi connectivity index (χ1n) is 4.99. The maximum absolute atomic E-state index is 8.90. The Morgan fingerprint density at radius 1 is 1.39 bits per heavy atom. The molecule has 0 aliphatic rings. The standard InChI is InChI=1S/C12H5BrN4S/c1-15-11-10-7-4-6(13)2-3-8(7)18-12(10)17-9(5-14)16-11/h2-4H,1H2. The van der Waals surface area contributed by atoms with Crippen molar-refractivity contribution >= 4 is 60.1 Å². The molecule has 0 saturated carbocycles. The number of nitriles is 1. The third-order valence-corrected chi connectivity index (χ3v) is 4.08. The molecule has 0 bridgehead atoms. The van der Waals surface area contributed by atoms with E-state index in [1.54, 1.807) is 0 Å². The largest absolute Gasteiger partial charge is 0.244 e. The van der Waals surface area contributed by atoms with Gasteiger partial charge in [-0.3, -0.25) is 0 Å². The van der Waals surface area contributed by atoms with Crippen LogP contribution in [0.25, 0.3) is 20.3 Å². The van der Waals surface area contributed by atoms with E-state index in [-0.39, 0.29) is 5.82 Å². The first-order chi connectivity index (χ1) is 8.72. The van der Waals surface area contributed by atoms with Crippen molar-refractivity contribution in [1.82, 2.24) is 9.97 Å². The van der Waals surface area contributed by atoms with Crippen molar-refractivity contribution in [2.45, 2.75) is 0 Å². The van der Waals surface area contributed by atoms with Gasteiger partial charge < -0.3 is 0 Å². The van der Waals surface area contributed by atoms with Crippen LogP contribution in [0.5, 0.6) is 0 Å². The topological polar surface area (TPSA) is 61.9 Å². The lowest BCUT2D eigenvalue weighted by atomic mass is 10.2. The van der Waals surface area contributed by atoms with Crippen LogP contribution in [0.3, 0.4) is 0 Å². The molecule has 0 spiro atoms. The Hall–Kier alpha value is -1.84. The van der Waals surface area contributed by atoms with Gasteiger partial charge in [-0.1, -0.05) is 15.9 Å². The molecule has 2 heterocycles. The molecule has 0 amide bonds. The minimum absolute atomic E-state index is 0.121. The van der Waals surface area contributed by atoms with Crippen LogP contribution >= 0.6 is 27.3 Å². The van der Waals surface area contributed by atoms with Crippen LogP contribution < -0.4 is 0 Å². The first-order valence-corrected chi connectivity index (χ1v) is 6.60. The normalized spacial score (nSPS) is 10.7. The number of hydrogen-bond donors (Lipinski definition) is 0. The summed E-state index contributed by atoms with van der Waals surface area (Å²) in [5.74, 6) is 0.580. The zero-order chi connectivity index (χ0) is 12.7. The molecule has 0 saturated heterocycles. The molecule has 0 fully saturated rings. The smallest absolute Gasteiger partial charge is 0.235 e. The molecule has 4 nitrogen and oxygen atoms in total. The molecule has 0 N–H and O–H groups in total. The van der Waals surface area contributed by atoms with Crippen LogP contribution in [0.1, 0.15) is 5.82 Å². The van der Waals surface area contributed by atoms with Crippen molar-refractivity contribution in [1.29, 1.82) is 5.26 Å². The first kappa shape index (κ1) is 11.3. The van der Waals surface area contributed by atoms with E-state index in [0.29, 0.717) is 5.82 Å². The number of aromatic nitrogens is 2. The minimum Gasteiger partial charge on any atom is -0.244 e. The lowest BCUT2D eigenvalue weighted by molar-refractivity contribution is 1.16. The third kappa shape index (κ3) is 1.60. The van der Waals surface area contributed by atoms with Gasteiger partial charge in [0.15, 0.2) is 5.82 Å².